The molecule has 7 N–H and O–H groups in total. The number of carboxylic acid groups (broad SMARTS) is 1. The van der Waals surface area contributed by atoms with Gasteiger partial charge in [-0.05, 0) is 11.6 Å². The van der Waals surface area contributed by atoms with Gasteiger partial charge in [0.05, 0.1) is 12.1 Å². The molecule has 6 atom stereocenters. The molecule has 9 heteroatoms. The molecule has 1 saturated heterocycles. The maximum atomic E-state index is 11.1. The van der Waals surface area contributed by atoms with Gasteiger partial charge in [0.25, 0.3) is 0 Å². The number of hydrogen-bond acceptors (Lipinski definition) is 7. The second-order valence-electron chi connectivity index (χ2n) is 6.45. The molecule has 1 aromatic carbocycles. The van der Waals surface area contributed by atoms with Crippen LogP contribution in [0.2, 0.25) is 0 Å². The van der Waals surface area contributed by atoms with Crippen LogP contribution < -0.4 is 5.73 Å². The molecule has 1 fully saturated rings. The van der Waals surface area contributed by atoms with Crippen LogP contribution in [0, 0.1) is 0 Å². The molecule has 1 aliphatic rings. The van der Waals surface area contributed by atoms with Crippen molar-refractivity contribution < 1.29 is 35.1 Å². The van der Waals surface area contributed by atoms with E-state index in [-0.39, 0.29) is 6.42 Å². The number of fused-ring (bicyclic) bond motifs is 1. The highest BCUT2D eigenvalue weighted by molar-refractivity contribution is 5.85. The molecule has 1 aromatic heterocycles. The molecule has 0 saturated carbocycles. The van der Waals surface area contributed by atoms with Crippen LogP contribution in [0.4, 0.5) is 0 Å². The summed E-state index contributed by atoms with van der Waals surface area (Å²) < 4.78 is 7.15. The molecule has 2 aromatic rings. The number of nitrogens with zero attached hydrogens (tertiary/aromatic N) is 1. The standard InChI is InChI=1S/C17H22N2O7/c18-10(17(24)25)5-8-6-19(11-4-2-1-3-9(8)11)16-15(23)14(22)13(21)12(7-20)26-16/h1-4,6,10,12-16,20-23H,5,7,18H2,(H,24,25). The van der Waals surface area contributed by atoms with E-state index in [1.54, 1.807) is 35.0 Å². The van der Waals surface area contributed by atoms with Gasteiger partial charge >= 0.3 is 5.97 Å². The van der Waals surface area contributed by atoms with E-state index in [9.17, 15) is 25.2 Å². The smallest absolute Gasteiger partial charge is 0.320 e. The van der Waals surface area contributed by atoms with Crippen LogP contribution in [0.3, 0.4) is 0 Å². The summed E-state index contributed by atoms with van der Waals surface area (Å²) in [5, 5.41) is 49.5. The van der Waals surface area contributed by atoms with Gasteiger partial charge in [-0.15, -0.1) is 0 Å². The molecule has 9 nitrogen and oxygen atoms in total. The number of nitrogens with two attached hydrogens (primary N) is 1. The number of ether oxygens (including phenoxy) is 1. The topological polar surface area (TPSA) is 158 Å². The molecule has 1 aliphatic heterocycles. The van der Waals surface area contributed by atoms with Gasteiger partial charge in [-0.25, -0.2) is 0 Å². The van der Waals surface area contributed by atoms with Crippen molar-refractivity contribution in [1.82, 2.24) is 4.57 Å². The molecule has 6 unspecified atom stereocenters. The summed E-state index contributed by atoms with van der Waals surface area (Å²) in [6.07, 6.45) is -4.82. The Labute approximate surface area is 148 Å². The van der Waals surface area contributed by atoms with Crippen LogP contribution in [0.5, 0.6) is 0 Å². The van der Waals surface area contributed by atoms with E-state index >= 15 is 0 Å². The van der Waals surface area contributed by atoms with Crippen LogP contribution in [0.1, 0.15) is 11.8 Å². The molecule has 0 radical (unpaired) electrons. The third-order valence-electron chi connectivity index (χ3n) is 4.72. The number of carbonyl (C=O) groups is 1. The number of aliphatic hydroxyl groups is 4. The number of aliphatic carboxylic acids is 1. The van der Waals surface area contributed by atoms with Crippen LogP contribution in [-0.4, -0.2) is 73.1 Å². The van der Waals surface area contributed by atoms with Crippen molar-refractivity contribution >= 4 is 16.9 Å². The summed E-state index contributed by atoms with van der Waals surface area (Å²) >= 11 is 0. The first-order valence-corrected chi connectivity index (χ1v) is 8.22. The van der Waals surface area contributed by atoms with Crippen molar-refractivity contribution in [3.8, 4) is 0 Å². The molecular weight excluding hydrogens is 344 g/mol. The Morgan fingerprint density at radius 1 is 1.19 bits per heavy atom. The van der Waals surface area contributed by atoms with Crippen LogP contribution in [-0.2, 0) is 16.0 Å². The lowest BCUT2D eigenvalue weighted by Gasteiger charge is -2.40. The Balaban J connectivity index is 2.03. The van der Waals surface area contributed by atoms with Crippen molar-refractivity contribution in [2.75, 3.05) is 6.61 Å². The highest BCUT2D eigenvalue weighted by atomic mass is 16.6. The van der Waals surface area contributed by atoms with Gasteiger partial charge in [-0.3, -0.25) is 4.79 Å². The van der Waals surface area contributed by atoms with E-state index in [1.807, 2.05) is 0 Å². The first kappa shape index (κ1) is 18.8. The number of benzene rings is 1. The number of carboxylic acids is 1. The molecule has 2 heterocycles. The summed E-state index contributed by atoms with van der Waals surface area (Å²) in [5.41, 5.74) is 6.93. The molecular formula is C17H22N2O7. The largest absolute Gasteiger partial charge is 0.480 e. The van der Waals surface area contributed by atoms with Crippen molar-refractivity contribution in [2.45, 2.75) is 43.1 Å². The SMILES string of the molecule is NC(Cc1cn(C2OC(CO)C(O)C(O)C2O)c2ccccc12)C(=O)O. The monoisotopic (exact) mass is 366 g/mol. The fourth-order valence-electron chi connectivity index (χ4n) is 3.29. The zero-order chi connectivity index (χ0) is 19.0. The Morgan fingerprint density at radius 3 is 2.54 bits per heavy atom. The molecule has 0 aliphatic carbocycles. The lowest BCUT2D eigenvalue weighted by Crippen LogP contribution is -2.56. The molecule has 0 spiro atoms. The van der Waals surface area contributed by atoms with E-state index < -0.39 is 49.3 Å². The Morgan fingerprint density at radius 2 is 1.88 bits per heavy atom. The summed E-state index contributed by atoms with van der Waals surface area (Å²) in [4.78, 5) is 11.1. The number of aromatic nitrogens is 1. The maximum Gasteiger partial charge on any atom is 0.320 e. The zero-order valence-electron chi connectivity index (χ0n) is 13.8. The highest BCUT2D eigenvalue weighted by Crippen LogP contribution is 2.33. The first-order valence-electron chi connectivity index (χ1n) is 8.22. The minimum atomic E-state index is -1.50. The zero-order valence-corrected chi connectivity index (χ0v) is 13.8. The van der Waals surface area contributed by atoms with Gasteiger partial charge in [-0.2, -0.15) is 0 Å². The predicted molar refractivity (Wildman–Crippen MR) is 90.3 cm³/mol. The van der Waals surface area contributed by atoms with E-state index in [0.717, 1.165) is 5.39 Å². The van der Waals surface area contributed by atoms with E-state index in [2.05, 4.69) is 0 Å². The minimum absolute atomic E-state index is 0.0697. The average Bonchev–Trinajstić information content (AvgIpc) is 2.98. The van der Waals surface area contributed by atoms with E-state index in [0.29, 0.717) is 11.1 Å². The second-order valence-corrected chi connectivity index (χ2v) is 6.45. The Bertz CT molecular complexity index is 791. The van der Waals surface area contributed by atoms with Crippen LogP contribution in [0.15, 0.2) is 30.5 Å². The van der Waals surface area contributed by atoms with Gasteiger partial charge in [-0.1, -0.05) is 18.2 Å². The average molecular weight is 366 g/mol. The number of aliphatic hydroxyl groups excluding tert-OH is 4. The van der Waals surface area contributed by atoms with E-state index in [4.69, 9.17) is 15.6 Å². The summed E-state index contributed by atoms with van der Waals surface area (Å²) in [6, 6.07) is 6.01. The summed E-state index contributed by atoms with van der Waals surface area (Å²) in [5.74, 6) is -1.13. The van der Waals surface area contributed by atoms with Crippen molar-refractivity contribution in [3.63, 3.8) is 0 Å². The summed E-state index contributed by atoms with van der Waals surface area (Å²) in [7, 11) is 0. The second kappa shape index (κ2) is 7.31. The highest BCUT2D eigenvalue weighted by Gasteiger charge is 2.44. The Hall–Kier alpha value is -2.01. The van der Waals surface area contributed by atoms with Crippen molar-refractivity contribution in [1.29, 1.82) is 0 Å². The van der Waals surface area contributed by atoms with Gasteiger partial charge in [0, 0.05) is 18.0 Å². The number of rotatable bonds is 5. The molecule has 0 bridgehead atoms. The van der Waals surface area contributed by atoms with Gasteiger partial charge in [0.2, 0.25) is 0 Å². The molecule has 142 valence electrons. The minimum Gasteiger partial charge on any atom is -0.480 e. The molecule has 3 rings (SSSR count). The van der Waals surface area contributed by atoms with Gasteiger partial charge < -0.3 is 40.6 Å². The summed E-state index contributed by atoms with van der Waals surface area (Å²) in [6.45, 7) is -0.530. The van der Waals surface area contributed by atoms with Crippen LogP contribution in [0.25, 0.3) is 10.9 Å². The quantitative estimate of drug-likeness (QED) is 0.376. The first-order chi connectivity index (χ1) is 12.3. The van der Waals surface area contributed by atoms with Crippen molar-refractivity contribution in [2.24, 2.45) is 5.73 Å². The molecule has 0 amide bonds. The fourth-order valence-corrected chi connectivity index (χ4v) is 3.29. The number of para-hydroxylation sites is 1. The van der Waals surface area contributed by atoms with E-state index in [1.165, 1.54) is 0 Å². The fraction of sp³-hybridized carbons (Fsp3) is 0.471. The molecule has 26 heavy (non-hydrogen) atoms. The van der Waals surface area contributed by atoms with Gasteiger partial charge in [0.1, 0.15) is 30.5 Å². The van der Waals surface area contributed by atoms with Crippen LogP contribution >= 0.6 is 0 Å². The maximum absolute atomic E-state index is 11.1. The lowest BCUT2D eigenvalue weighted by molar-refractivity contribution is -0.250. The third kappa shape index (κ3) is 3.20. The third-order valence-corrected chi connectivity index (χ3v) is 4.72. The number of hydrogen-bond donors (Lipinski definition) is 6. The Kier molecular flexibility index (Phi) is 5.28. The normalized spacial score (nSPS) is 30.4. The lowest BCUT2D eigenvalue weighted by atomic mass is 9.98. The predicted octanol–water partition coefficient (Wildman–Crippen LogP) is -1.43. The van der Waals surface area contributed by atoms with Crippen molar-refractivity contribution in [3.05, 3.63) is 36.0 Å². The van der Waals surface area contributed by atoms with Gasteiger partial charge in [0.15, 0.2) is 6.23 Å².